The molecule has 0 unspecified atom stereocenters. The molecule has 0 aromatic carbocycles. The molecule has 0 spiro atoms. The van der Waals surface area contributed by atoms with Crippen molar-refractivity contribution in [2.24, 2.45) is 5.92 Å². The summed E-state index contributed by atoms with van der Waals surface area (Å²) in [6, 6.07) is 0. The molecule has 2 rings (SSSR count). The third-order valence-corrected chi connectivity index (χ3v) is 3.99. The topological polar surface area (TPSA) is 58.3 Å². The van der Waals surface area contributed by atoms with Crippen molar-refractivity contribution in [2.75, 3.05) is 44.4 Å². The molecule has 20 heavy (non-hydrogen) atoms. The van der Waals surface area contributed by atoms with Gasteiger partial charge >= 0.3 is 0 Å². The number of nitrogens with zero attached hydrogens (tertiary/aromatic N) is 4. The molecule has 2 heterocycles. The van der Waals surface area contributed by atoms with E-state index in [9.17, 15) is 0 Å². The number of nitrogens with two attached hydrogens (primary N) is 1. The van der Waals surface area contributed by atoms with E-state index in [1.54, 1.807) is 6.33 Å². The van der Waals surface area contributed by atoms with E-state index in [2.05, 4.69) is 40.8 Å². The van der Waals surface area contributed by atoms with Crippen molar-refractivity contribution in [3.8, 4) is 0 Å². The molecule has 0 aliphatic carbocycles. The Labute approximate surface area is 122 Å². The van der Waals surface area contributed by atoms with Crippen LogP contribution in [0.5, 0.6) is 0 Å². The molecule has 112 valence electrons. The highest BCUT2D eigenvalue weighted by Crippen LogP contribution is 2.27. The fourth-order valence-corrected chi connectivity index (χ4v) is 3.02. The van der Waals surface area contributed by atoms with Crippen LogP contribution < -0.4 is 10.6 Å². The van der Waals surface area contributed by atoms with Crippen LogP contribution in [0.15, 0.2) is 6.33 Å². The summed E-state index contributed by atoms with van der Waals surface area (Å²) in [7, 11) is 4.30. The highest BCUT2D eigenvalue weighted by atomic mass is 15.2. The van der Waals surface area contributed by atoms with E-state index in [-0.39, 0.29) is 0 Å². The maximum Gasteiger partial charge on any atom is 0.137 e. The number of rotatable bonds is 5. The minimum absolute atomic E-state index is 0.646. The van der Waals surface area contributed by atoms with Gasteiger partial charge in [-0.15, -0.1) is 0 Å². The van der Waals surface area contributed by atoms with Gasteiger partial charge in [-0.3, -0.25) is 0 Å². The monoisotopic (exact) mass is 277 g/mol. The van der Waals surface area contributed by atoms with Crippen LogP contribution in [0.3, 0.4) is 0 Å². The second-order valence-corrected chi connectivity index (χ2v) is 6.00. The van der Waals surface area contributed by atoms with Gasteiger partial charge < -0.3 is 15.5 Å². The van der Waals surface area contributed by atoms with E-state index in [0.29, 0.717) is 5.82 Å². The number of aromatic nitrogens is 2. The number of piperidine rings is 1. The first-order valence-electron chi connectivity index (χ1n) is 7.60. The van der Waals surface area contributed by atoms with Crippen molar-refractivity contribution >= 4 is 11.6 Å². The van der Waals surface area contributed by atoms with Crippen molar-refractivity contribution in [1.29, 1.82) is 0 Å². The van der Waals surface area contributed by atoms with Gasteiger partial charge in [0.1, 0.15) is 18.0 Å². The molecule has 1 aliphatic heterocycles. The Morgan fingerprint density at radius 3 is 2.60 bits per heavy atom. The number of hydrogen-bond donors (Lipinski definition) is 1. The van der Waals surface area contributed by atoms with Gasteiger partial charge in [-0.1, -0.05) is 13.3 Å². The second kappa shape index (κ2) is 6.88. The molecule has 1 aromatic rings. The number of nitrogen functional groups attached to an aromatic ring is 1. The first kappa shape index (κ1) is 15.0. The molecule has 0 radical (unpaired) electrons. The lowest BCUT2D eigenvalue weighted by atomic mass is 9.96. The van der Waals surface area contributed by atoms with Gasteiger partial charge in [0.05, 0.1) is 0 Å². The van der Waals surface area contributed by atoms with Crippen molar-refractivity contribution in [2.45, 2.75) is 32.6 Å². The third-order valence-electron chi connectivity index (χ3n) is 3.99. The average Bonchev–Trinajstić information content (AvgIpc) is 2.42. The van der Waals surface area contributed by atoms with Crippen LogP contribution in [0, 0.1) is 5.92 Å². The van der Waals surface area contributed by atoms with E-state index in [0.717, 1.165) is 43.2 Å². The molecular weight excluding hydrogens is 250 g/mol. The molecular formula is C15H27N5. The Morgan fingerprint density at radius 1 is 1.30 bits per heavy atom. The lowest BCUT2D eigenvalue weighted by molar-refractivity contribution is 0.284. The summed E-state index contributed by atoms with van der Waals surface area (Å²) in [5, 5.41) is 0. The summed E-state index contributed by atoms with van der Waals surface area (Å²) in [6.45, 7) is 5.50. The van der Waals surface area contributed by atoms with Gasteiger partial charge in [0.25, 0.3) is 0 Å². The zero-order valence-corrected chi connectivity index (χ0v) is 13.0. The maximum absolute atomic E-state index is 6.02. The van der Waals surface area contributed by atoms with Gasteiger partial charge in [-0.05, 0) is 39.3 Å². The molecule has 0 atom stereocenters. The zero-order valence-electron chi connectivity index (χ0n) is 13.0. The first-order chi connectivity index (χ1) is 9.61. The summed E-state index contributed by atoms with van der Waals surface area (Å²) >= 11 is 0. The van der Waals surface area contributed by atoms with E-state index < -0.39 is 0 Å². The molecule has 0 amide bonds. The molecule has 1 fully saturated rings. The molecule has 0 bridgehead atoms. The fraction of sp³-hybridized carbons (Fsp3) is 0.733. The molecule has 5 nitrogen and oxygen atoms in total. The quantitative estimate of drug-likeness (QED) is 0.889. The number of anilines is 2. The van der Waals surface area contributed by atoms with Crippen LogP contribution in [-0.4, -0.2) is 48.6 Å². The Bertz CT molecular complexity index is 424. The predicted octanol–water partition coefficient (Wildman–Crippen LogP) is 1.79. The lowest BCUT2D eigenvalue weighted by Crippen LogP contribution is -2.38. The summed E-state index contributed by atoms with van der Waals surface area (Å²) in [6.07, 6.45) is 6.08. The smallest absolute Gasteiger partial charge is 0.137 e. The Morgan fingerprint density at radius 2 is 2.00 bits per heavy atom. The van der Waals surface area contributed by atoms with Gasteiger partial charge in [0.2, 0.25) is 0 Å². The minimum Gasteiger partial charge on any atom is -0.383 e. The van der Waals surface area contributed by atoms with E-state index >= 15 is 0 Å². The van der Waals surface area contributed by atoms with Gasteiger partial charge in [-0.2, -0.15) is 0 Å². The molecule has 0 saturated carbocycles. The Balaban J connectivity index is 2.05. The van der Waals surface area contributed by atoms with Crippen LogP contribution in [-0.2, 0) is 6.42 Å². The first-order valence-corrected chi connectivity index (χ1v) is 7.60. The molecule has 1 aromatic heterocycles. The van der Waals surface area contributed by atoms with Crippen LogP contribution in [0.4, 0.5) is 11.6 Å². The molecule has 2 N–H and O–H groups in total. The van der Waals surface area contributed by atoms with E-state index in [1.165, 1.54) is 19.4 Å². The third kappa shape index (κ3) is 3.60. The lowest BCUT2D eigenvalue weighted by Gasteiger charge is -2.34. The van der Waals surface area contributed by atoms with Gasteiger partial charge in [0, 0.05) is 25.2 Å². The average molecular weight is 277 g/mol. The summed E-state index contributed by atoms with van der Waals surface area (Å²) in [5.74, 6) is 2.50. The standard InChI is InChI=1S/C15H27N5/c1-4-5-13-14(16)17-11-18-15(13)20-8-6-12(7-9-20)10-19(2)3/h11-12H,4-10H2,1-3H3,(H2,16,17,18). The van der Waals surface area contributed by atoms with Crippen molar-refractivity contribution < 1.29 is 0 Å². The van der Waals surface area contributed by atoms with Crippen molar-refractivity contribution in [1.82, 2.24) is 14.9 Å². The summed E-state index contributed by atoms with van der Waals surface area (Å²) in [5.41, 5.74) is 7.15. The summed E-state index contributed by atoms with van der Waals surface area (Å²) in [4.78, 5) is 13.3. The Hall–Kier alpha value is -1.36. The zero-order chi connectivity index (χ0) is 14.5. The molecule has 1 saturated heterocycles. The van der Waals surface area contributed by atoms with Gasteiger partial charge in [0.15, 0.2) is 0 Å². The van der Waals surface area contributed by atoms with Crippen molar-refractivity contribution in [3.05, 3.63) is 11.9 Å². The summed E-state index contributed by atoms with van der Waals surface area (Å²) < 4.78 is 0. The van der Waals surface area contributed by atoms with Crippen LogP contribution >= 0.6 is 0 Å². The minimum atomic E-state index is 0.646. The Kier molecular flexibility index (Phi) is 5.17. The predicted molar refractivity (Wildman–Crippen MR) is 83.9 cm³/mol. The van der Waals surface area contributed by atoms with Crippen LogP contribution in [0.25, 0.3) is 0 Å². The fourth-order valence-electron chi connectivity index (χ4n) is 3.02. The van der Waals surface area contributed by atoms with E-state index in [4.69, 9.17) is 5.73 Å². The van der Waals surface area contributed by atoms with E-state index in [1.807, 2.05) is 0 Å². The molecule has 5 heteroatoms. The van der Waals surface area contributed by atoms with Crippen molar-refractivity contribution in [3.63, 3.8) is 0 Å². The maximum atomic E-state index is 6.02. The van der Waals surface area contributed by atoms with Gasteiger partial charge in [-0.25, -0.2) is 9.97 Å². The number of hydrogen-bond acceptors (Lipinski definition) is 5. The highest BCUT2D eigenvalue weighted by Gasteiger charge is 2.23. The second-order valence-electron chi connectivity index (χ2n) is 6.00. The highest BCUT2D eigenvalue weighted by molar-refractivity contribution is 5.56. The largest absolute Gasteiger partial charge is 0.383 e. The molecule has 1 aliphatic rings. The SMILES string of the molecule is CCCc1c(N)ncnc1N1CCC(CN(C)C)CC1. The normalized spacial score (nSPS) is 16.9. The van der Waals surface area contributed by atoms with Crippen LogP contribution in [0.2, 0.25) is 0 Å². The van der Waals surface area contributed by atoms with Crippen LogP contribution in [0.1, 0.15) is 31.7 Å².